The van der Waals surface area contributed by atoms with E-state index in [-0.39, 0.29) is 11.8 Å². The maximum Gasteiger partial charge on any atom is 0.225 e. The Morgan fingerprint density at radius 3 is 2.59 bits per heavy atom. The largest absolute Gasteiger partial charge is 0.361 e. The lowest BCUT2D eigenvalue weighted by Crippen LogP contribution is -2.16. The van der Waals surface area contributed by atoms with E-state index in [1.54, 1.807) is 12.3 Å². The number of carbonyl (C=O) groups excluding carboxylic acids is 1. The lowest BCUT2D eigenvalue weighted by atomic mass is 9.89. The third-order valence-electron chi connectivity index (χ3n) is 4.60. The maximum absolute atomic E-state index is 12.7. The van der Waals surface area contributed by atoms with Crippen LogP contribution in [-0.2, 0) is 4.79 Å². The number of pyridine rings is 1. The highest BCUT2D eigenvalue weighted by Crippen LogP contribution is 2.33. The summed E-state index contributed by atoms with van der Waals surface area (Å²) in [6.45, 7) is 0. The molecule has 2 aromatic carbocycles. The van der Waals surface area contributed by atoms with Gasteiger partial charge in [0.05, 0.1) is 0 Å². The Hall–Kier alpha value is -3.11. The van der Waals surface area contributed by atoms with Crippen LogP contribution >= 0.6 is 11.6 Å². The highest BCUT2D eigenvalue weighted by molar-refractivity contribution is 6.29. The second kappa shape index (κ2) is 7.64. The number of H-pyrrole nitrogens is 1. The number of rotatable bonds is 5. The van der Waals surface area contributed by atoms with Crippen molar-refractivity contribution in [3.63, 3.8) is 0 Å². The van der Waals surface area contributed by atoms with Gasteiger partial charge in [-0.05, 0) is 35.4 Å². The second-order valence-corrected chi connectivity index (χ2v) is 6.76. The molecule has 0 aliphatic carbocycles. The quantitative estimate of drug-likeness (QED) is 0.460. The van der Waals surface area contributed by atoms with Crippen LogP contribution in [-0.4, -0.2) is 15.9 Å². The Kier molecular flexibility index (Phi) is 4.90. The summed E-state index contributed by atoms with van der Waals surface area (Å²) in [6.07, 6.45) is 4.02. The molecule has 4 aromatic rings. The van der Waals surface area contributed by atoms with E-state index in [2.05, 4.69) is 21.4 Å². The van der Waals surface area contributed by atoms with Crippen molar-refractivity contribution < 1.29 is 4.79 Å². The molecule has 1 unspecified atom stereocenters. The van der Waals surface area contributed by atoms with Gasteiger partial charge >= 0.3 is 0 Å². The number of aromatic amines is 1. The topological polar surface area (TPSA) is 57.8 Å². The molecule has 0 fully saturated rings. The summed E-state index contributed by atoms with van der Waals surface area (Å²) in [5.41, 5.74) is 3.85. The molecule has 4 nitrogen and oxygen atoms in total. The van der Waals surface area contributed by atoms with Crippen LogP contribution in [0.3, 0.4) is 0 Å². The molecule has 134 valence electrons. The number of benzene rings is 2. The van der Waals surface area contributed by atoms with Crippen LogP contribution < -0.4 is 5.32 Å². The number of fused-ring (bicyclic) bond motifs is 1. The zero-order chi connectivity index (χ0) is 18.6. The average Bonchev–Trinajstić information content (AvgIpc) is 3.12. The monoisotopic (exact) mass is 375 g/mol. The van der Waals surface area contributed by atoms with Gasteiger partial charge in [0.15, 0.2) is 0 Å². The molecular weight excluding hydrogens is 358 g/mol. The first kappa shape index (κ1) is 17.3. The minimum atomic E-state index is -0.130. The van der Waals surface area contributed by atoms with E-state index in [1.165, 1.54) is 0 Å². The molecule has 0 aliphatic rings. The van der Waals surface area contributed by atoms with E-state index in [4.69, 9.17) is 11.6 Å². The Labute approximate surface area is 162 Å². The van der Waals surface area contributed by atoms with Crippen molar-refractivity contribution in [1.82, 2.24) is 9.97 Å². The standard InChI is InChI=1S/C22H18ClN3O/c23-21-11-10-15(13-25-21)18(12-22(27)26-16-6-2-1-3-7-16)19-14-24-20-9-5-4-8-17(19)20/h1-11,13-14,18,24H,12H2,(H,26,27). The van der Waals surface area contributed by atoms with Gasteiger partial charge in [0.1, 0.15) is 5.15 Å². The third-order valence-corrected chi connectivity index (χ3v) is 4.82. The van der Waals surface area contributed by atoms with Crippen LogP contribution in [0, 0.1) is 0 Å². The summed E-state index contributed by atoms with van der Waals surface area (Å²) in [7, 11) is 0. The van der Waals surface area contributed by atoms with Gasteiger partial charge in [-0.3, -0.25) is 4.79 Å². The molecule has 0 radical (unpaired) electrons. The van der Waals surface area contributed by atoms with Gasteiger partial charge in [-0.15, -0.1) is 0 Å². The first-order valence-electron chi connectivity index (χ1n) is 8.73. The minimum Gasteiger partial charge on any atom is -0.361 e. The van der Waals surface area contributed by atoms with Crippen molar-refractivity contribution in [2.45, 2.75) is 12.3 Å². The molecule has 27 heavy (non-hydrogen) atoms. The molecule has 1 atom stereocenters. The van der Waals surface area contributed by atoms with E-state index in [1.807, 2.05) is 60.8 Å². The van der Waals surface area contributed by atoms with E-state index in [0.29, 0.717) is 11.6 Å². The summed E-state index contributed by atoms with van der Waals surface area (Å²) in [5, 5.41) is 4.51. The lowest BCUT2D eigenvalue weighted by Gasteiger charge is -2.17. The molecule has 4 rings (SSSR count). The third kappa shape index (κ3) is 3.86. The normalized spacial score (nSPS) is 12.0. The number of aromatic nitrogens is 2. The Balaban J connectivity index is 1.68. The summed E-state index contributed by atoms with van der Waals surface area (Å²) < 4.78 is 0. The fourth-order valence-corrected chi connectivity index (χ4v) is 3.41. The van der Waals surface area contributed by atoms with Crippen molar-refractivity contribution in [3.8, 4) is 0 Å². The number of anilines is 1. The van der Waals surface area contributed by atoms with Gasteiger partial charge in [-0.1, -0.05) is 54.1 Å². The molecule has 0 saturated carbocycles. The molecule has 0 spiro atoms. The maximum atomic E-state index is 12.7. The molecular formula is C22H18ClN3O. The molecule has 0 saturated heterocycles. The molecule has 2 heterocycles. The SMILES string of the molecule is O=C(CC(c1ccc(Cl)nc1)c1c[nH]c2ccccc12)Nc1ccccc1. The van der Waals surface area contributed by atoms with Crippen LogP contribution in [0.2, 0.25) is 5.15 Å². The molecule has 2 aromatic heterocycles. The fraction of sp³-hybridized carbons (Fsp3) is 0.0909. The van der Waals surface area contributed by atoms with E-state index in [0.717, 1.165) is 27.7 Å². The zero-order valence-electron chi connectivity index (χ0n) is 14.5. The smallest absolute Gasteiger partial charge is 0.225 e. The lowest BCUT2D eigenvalue weighted by molar-refractivity contribution is -0.116. The number of para-hydroxylation sites is 2. The predicted octanol–water partition coefficient (Wildman–Crippen LogP) is 5.38. The summed E-state index contributed by atoms with van der Waals surface area (Å²) >= 11 is 5.95. The summed E-state index contributed by atoms with van der Waals surface area (Å²) in [4.78, 5) is 20.2. The number of hydrogen-bond donors (Lipinski definition) is 2. The van der Waals surface area contributed by atoms with Crippen molar-refractivity contribution in [2.24, 2.45) is 0 Å². The van der Waals surface area contributed by atoms with Crippen molar-refractivity contribution in [1.29, 1.82) is 0 Å². The highest BCUT2D eigenvalue weighted by Gasteiger charge is 2.22. The van der Waals surface area contributed by atoms with Gasteiger partial charge in [-0.25, -0.2) is 4.98 Å². The second-order valence-electron chi connectivity index (χ2n) is 6.37. The average molecular weight is 376 g/mol. The van der Waals surface area contributed by atoms with Gasteiger partial charge in [0, 0.05) is 41.3 Å². The van der Waals surface area contributed by atoms with Gasteiger partial charge in [0.2, 0.25) is 5.91 Å². The van der Waals surface area contributed by atoms with E-state index < -0.39 is 0 Å². The van der Waals surface area contributed by atoms with Crippen LogP contribution in [0.25, 0.3) is 10.9 Å². The molecule has 2 N–H and O–H groups in total. The molecule has 0 bridgehead atoms. The first-order chi connectivity index (χ1) is 13.2. The van der Waals surface area contributed by atoms with Crippen LogP contribution in [0.4, 0.5) is 5.69 Å². The van der Waals surface area contributed by atoms with Crippen molar-refractivity contribution in [3.05, 3.63) is 95.4 Å². The highest BCUT2D eigenvalue weighted by atomic mass is 35.5. The molecule has 0 aliphatic heterocycles. The van der Waals surface area contributed by atoms with E-state index in [9.17, 15) is 4.79 Å². The zero-order valence-corrected chi connectivity index (χ0v) is 15.3. The van der Waals surface area contributed by atoms with Crippen LogP contribution in [0.15, 0.2) is 79.1 Å². The van der Waals surface area contributed by atoms with Crippen molar-refractivity contribution >= 4 is 34.1 Å². The molecule has 5 heteroatoms. The summed E-state index contributed by atoms with van der Waals surface area (Å²) in [5.74, 6) is -0.180. The van der Waals surface area contributed by atoms with E-state index >= 15 is 0 Å². The van der Waals surface area contributed by atoms with Gasteiger partial charge in [0.25, 0.3) is 0 Å². The predicted molar refractivity (Wildman–Crippen MR) is 109 cm³/mol. The first-order valence-corrected chi connectivity index (χ1v) is 9.11. The van der Waals surface area contributed by atoms with Crippen molar-refractivity contribution in [2.75, 3.05) is 5.32 Å². The number of nitrogens with one attached hydrogen (secondary N) is 2. The fourth-order valence-electron chi connectivity index (χ4n) is 3.30. The van der Waals surface area contributed by atoms with Gasteiger partial charge in [-0.2, -0.15) is 0 Å². The number of halogens is 1. The van der Waals surface area contributed by atoms with Crippen LogP contribution in [0.5, 0.6) is 0 Å². The van der Waals surface area contributed by atoms with Crippen LogP contribution in [0.1, 0.15) is 23.5 Å². The minimum absolute atomic E-state index is 0.0496. The Bertz CT molecular complexity index is 1060. The van der Waals surface area contributed by atoms with Gasteiger partial charge < -0.3 is 10.3 Å². The number of carbonyl (C=O) groups is 1. The Morgan fingerprint density at radius 2 is 1.81 bits per heavy atom. The summed E-state index contributed by atoms with van der Waals surface area (Å²) in [6, 6.07) is 21.2. The number of amides is 1. The number of nitrogens with zero attached hydrogens (tertiary/aromatic N) is 1. The molecule has 1 amide bonds. The Morgan fingerprint density at radius 1 is 1.04 bits per heavy atom. The number of hydrogen-bond acceptors (Lipinski definition) is 2.